The number of fused-ring (bicyclic) bond motifs is 1. The topological polar surface area (TPSA) is 17.8 Å². The van der Waals surface area contributed by atoms with Crippen LogP contribution in [0.3, 0.4) is 0 Å². The lowest BCUT2D eigenvalue weighted by Gasteiger charge is -2.12. The van der Waals surface area contributed by atoms with Crippen LogP contribution < -0.4 is 0 Å². The molecule has 0 N–H and O–H groups in total. The van der Waals surface area contributed by atoms with E-state index in [2.05, 4.69) is 4.98 Å². The van der Waals surface area contributed by atoms with Crippen LogP contribution in [0, 0.1) is 12.7 Å². The zero-order valence-electron chi connectivity index (χ0n) is 11.6. The van der Waals surface area contributed by atoms with Crippen molar-refractivity contribution in [2.24, 2.45) is 0 Å². The van der Waals surface area contributed by atoms with Crippen LogP contribution in [0.2, 0.25) is 5.02 Å². The van der Waals surface area contributed by atoms with Gasteiger partial charge in [-0.3, -0.25) is 4.57 Å². The van der Waals surface area contributed by atoms with Crippen LogP contribution in [0.4, 0.5) is 4.39 Å². The Bertz CT molecular complexity index is 825. The van der Waals surface area contributed by atoms with Gasteiger partial charge < -0.3 is 0 Å². The minimum atomic E-state index is -0.371. The van der Waals surface area contributed by atoms with E-state index in [9.17, 15) is 4.39 Å². The maximum absolute atomic E-state index is 13.3. The molecule has 1 heterocycles. The molecule has 1 atom stereocenters. The highest BCUT2D eigenvalue weighted by molar-refractivity contribution is 6.32. The van der Waals surface area contributed by atoms with Gasteiger partial charge in [0, 0.05) is 0 Å². The van der Waals surface area contributed by atoms with Gasteiger partial charge in [-0.1, -0.05) is 17.7 Å². The van der Waals surface area contributed by atoms with Gasteiger partial charge in [0.2, 0.25) is 0 Å². The number of imidazole rings is 1. The van der Waals surface area contributed by atoms with E-state index in [1.165, 1.54) is 12.1 Å². The normalized spacial score (nSPS) is 12.8. The van der Waals surface area contributed by atoms with Crippen molar-refractivity contribution >= 4 is 34.2 Å². The van der Waals surface area contributed by atoms with Crippen LogP contribution in [-0.4, -0.2) is 9.55 Å². The van der Waals surface area contributed by atoms with E-state index < -0.39 is 0 Å². The second-order valence-corrected chi connectivity index (χ2v) is 6.07. The Morgan fingerprint density at radius 2 is 1.95 bits per heavy atom. The minimum Gasteiger partial charge on any atom is -0.294 e. The molecule has 3 aromatic rings. The van der Waals surface area contributed by atoms with Crippen molar-refractivity contribution in [2.75, 3.05) is 0 Å². The Balaban J connectivity index is 2.36. The maximum Gasteiger partial charge on any atom is 0.132 e. The zero-order valence-corrected chi connectivity index (χ0v) is 13.1. The summed E-state index contributed by atoms with van der Waals surface area (Å²) in [6.45, 7) is 3.86. The lowest BCUT2D eigenvalue weighted by atomic mass is 10.2. The summed E-state index contributed by atoms with van der Waals surface area (Å²) in [7, 11) is 0. The number of benzene rings is 2. The first kappa shape index (κ1) is 14.4. The average Bonchev–Trinajstić information content (AvgIpc) is 2.77. The Hall–Kier alpha value is -1.58. The average molecular weight is 323 g/mol. The quantitative estimate of drug-likeness (QED) is 0.575. The summed E-state index contributed by atoms with van der Waals surface area (Å²) in [6.07, 6.45) is 0. The van der Waals surface area contributed by atoms with Crippen LogP contribution in [0.15, 0.2) is 36.4 Å². The SMILES string of the molecule is Cc1ccc2c(c1)nc(C(C)Cl)n2-c1ccc(F)cc1Cl. The van der Waals surface area contributed by atoms with Gasteiger partial charge in [-0.2, -0.15) is 0 Å². The summed E-state index contributed by atoms with van der Waals surface area (Å²) < 4.78 is 15.2. The van der Waals surface area contributed by atoms with E-state index in [-0.39, 0.29) is 11.2 Å². The van der Waals surface area contributed by atoms with Gasteiger partial charge in [0.05, 0.1) is 27.1 Å². The third-order valence-corrected chi connectivity index (χ3v) is 3.84. The van der Waals surface area contributed by atoms with E-state index in [0.29, 0.717) is 16.5 Å². The molecule has 1 aromatic heterocycles. The molecule has 0 amide bonds. The third-order valence-electron chi connectivity index (χ3n) is 3.34. The number of nitrogens with zero attached hydrogens (tertiary/aromatic N) is 2. The van der Waals surface area contributed by atoms with Gasteiger partial charge in [-0.05, 0) is 49.7 Å². The van der Waals surface area contributed by atoms with Gasteiger partial charge in [0.15, 0.2) is 0 Å². The third kappa shape index (κ3) is 2.52. The maximum atomic E-state index is 13.3. The molecular weight excluding hydrogens is 310 g/mol. The zero-order chi connectivity index (χ0) is 15.1. The molecule has 2 aromatic carbocycles. The molecule has 0 aliphatic carbocycles. The van der Waals surface area contributed by atoms with Crippen LogP contribution in [-0.2, 0) is 0 Å². The van der Waals surface area contributed by atoms with Crippen LogP contribution in [0.25, 0.3) is 16.7 Å². The van der Waals surface area contributed by atoms with Gasteiger partial charge in [-0.25, -0.2) is 9.37 Å². The first-order valence-corrected chi connectivity index (χ1v) is 7.37. The largest absolute Gasteiger partial charge is 0.294 e. The van der Waals surface area contributed by atoms with Crippen LogP contribution >= 0.6 is 23.2 Å². The van der Waals surface area contributed by atoms with Crippen molar-refractivity contribution in [3.63, 3.8) is 0 Å². The molecule has 0 saturated heterocycles. The first-order valence-electron chi connectivity index (χ1n) is 6.56. The molecule has 0 radical (unpaired) electrons. The number of alkyl halides is 1. The highest BCUT2D eigenvalue weighted by Gasteiger charge is 2.18. The Kier molecular flexibility index (Phi) is 3.64. The molecule has 0 aliphatic heterocycles. The number of hydrogen-bond acceptors (Lipinski definition) is 1. The molecule has 0 aliphatic rings. The summed E-state index contributed by atoms with van der Waals surface area (Å²) in [6, 6.07) is 10.3. The molecule has 3 rings (SSSR count). The summed E-state index contributed by atoms with van der Waals surface area (Å²) in [5, 5.41) is 0.0345. The summed E-state index contributed by atoms with van der Waals surface area (Å²) in [5.74, 6) is 0.315. The van der Waals surface area contributed by atoms with Crippen molar-refractivity contribution in [1.29, 1.82) is 0 Å². The monoisotopic (exact) mass is 322 g/mol. The van der Waals surface area contributed by atoms with Crippen molar-refractivity contribution in [3.8, 4) is 5.69 Å². The molecule has 5 heteroatoms. The lowest BCUT2D eigenvalue weighted by Crippen LogP contribution is -2.02. The highest BCUT2D eigenvalue weighted by Crippen LogP contribution is 2.32. The predicted octanol–water partition coefficient (Wildman–Crippen LogP) is 5.43. The van der Waals surface area contributed by atoms with E-state index in [4.69, 9.17) is 23.2 Å². The fraction of sp³-hybridized carbons (Fsp3) is 0.188. The second-order valence-electron chi connectivity index (χ2n) is 5.01. The van der Waals surface area contributed by atoms with Gasteiger partial charge in [0.25, 0.3) is 0 Å². The molecule has 0 fully saturated rings. The fourth-order valence-electron chi connectivity index (χ4n) is 2.39. The summed E-state index contributed by atoms with van der Waals surface area (Å²) in [4.78, 5) is 4.59. The van der Waals surface area contributed by atoms with Gasteiger partial charge in [0.1, 0.15) is 11.6 Å². The molecular formula is C16H13Cl2FN2. The standard InChI is InChI=1S/C16H13Cl2FN2/c1-9-3-5-15-13(7-9)20-16(10(2)17)21(15)14-6-4-11(19)8-12(14)18/h3-8,10H,1-2H3. The van der Waals surface area contributed by atoms with Gasteiger partial charge in [-0.15, -0.1) is 11.6 Å². The van der Waals surface area contributed by atoms with Crippen LogP contribution in [0.5, 0.6) is 0 Å². The van der Waals surface area contributed by atoms with E-state index in [0.717, 1.165) is 16.6 Å². The van der Waals surface area contributed by atoms with E-state index >= 15 is 0 Å². The Labute approximate surface area is 132 Å². The number of rotatable bonds is 2. The molecule has 21 heavy (non-hydrogen) atoms. The molecule has 108 valence electrons. The van der Waals surface area contributed by atoms with E-state index in [1.54, 1.807) is 6.07 Å². The number of aromatic nitrogens is 2. The van der Waals surface area contributed by atoms with Gasteiger partial charge >= 0.3 is 0 Å². The van der Waals surface area contributed by atoms with Crippen molar-refractivity contribution in [2.45, 2.75) is 19.2 Å². The van der Waals surface area contributed by atoms with E-state index in [1.807, 2.05) is 36.6 Å². The smallest absolute Gasteiger partial charge is 0.132 e. The Morgan fingerprint density at radius 1 is 1.19 bits per heavy atom. The summed E-state index contributed by atoms with van der Waals surface area (Å²) >= 11 is 12.5. The highest BCUT2D eigenvalue weighted by atomic mass is 35.5. The molecule has 0 spiro atoms. The number of aryl methyl sites for hydroxylation is 1. The molecule has 0 saturated carbocycles. The van der Waals surface area contributed by atoms with Crippen molar-refractivity contribution < 1.29 is 4.39 Å². The molecule has 2 nitrogen and oxygen atoms in total. The predicted molar refractivity (Wildman–Crippen MR) is 85.0 cm³/mol. The fourth-order valence-corrected chi connectivity index (χ4v) is 2.79. The lowest BCUT2D eigenvalue weighted by molar-refractivity contribution is 0.627. The van der Waals surface area contributed by atoms with Crippen molar-refractivity contribution in [1.82, 2.24) is 9.55 Å². The second kappa shape index (κ2) is 5.32. The number of hydrogen-bond donors (Lipinski definition) is 0. The first-order chi connectivity index (χ1) is 9.97. The Morgan fingerprint density at radius 3 is 2.62 bits per heavy atom. The van der Waals surface area contributed by atoms with Crippen LogP contribution in [0.1, 0.15) is 23.7 Å². The minimum absolute atomic E-state index is 0.293. The van der Waals surface area contributed by atoms with Crippen molar-refractivity contribution in [3.05, 3.63) is 58.6 Å². The number of halogens is 3. The molecule has 0 bridgehead atoms. The molecule has 1 unspecified atom stereocenters. The summed E-state index contributed by atoms with van der Waals surface area (Å²) in [5.41, 5.74) is 3.53.